The third kappa shape index (κ3) is 2.75. The lowest BCUT2D eigenvalue weighted by Crippen LogP contribution is -2.53. The first kappa shape index (κ1) is 15.7. The fraction of sp³-hybridized carbons (Fsp3) is 0.389. The van der Waals surface area contributed by atoms with E-state index in [1.54, 1.807) is 13.4 Å². The molecule has 25 heavy (non-hydrogen) atoms. The first-order valence-electron chi connectivity index (χ1n) is 8.36. The Labute approximate surface area is 145 Å². The Morgan fingerprint density at radius 2 is 2.24 bits per heavy atom. The first-order chi connectivity index (χ1) is 12.2. The average molecular weight is 340 g/mol. The van der Waals surface area contributed by atoms with Crippen molar-refractivity contribution < 1.29 is 14.4 Å². The Morgan fingerprint density at radius 1 is 1.36 bits per heavy atom. The molecule has 7 nitrogen and oxygen atoms in total. The number of Topliss-reactive ketones (excluding diaryl/α,β-unsaturated/α-hetero) is 1. The van der Waals surface area contributed by atoms with Gasteiger partial charge in [0.1, 0.15) is 18.4 Å². The number of ketones is 1. The highest BCUT2D eigenvalue weighted by Crippen LogP contribution is 2.28. The van der Waals surface area contributed by atoms with Gasteiger partial charge in [0.25, 0.3) is 0 Å². The Hall–Kier alpha value is -2.83. The third-order valence-corrected chi connectivity index (χ3v) is 4.65. The summed E-state index contributed by atoms with van der Waals surface area (Å²) in [7, 11) is 1.64. The summed E-state index contributed by atoms with van der Waals surface area (Å²) in [6.45, 7) is 3.08. The molecule has 2 aliphatic heterocycles. The van der Waals surface area contributed by atoms with Gasteiger partial charge in [0.2, 0.25) is 0 Å². The van der Waals surface area contributed by atoms with Crippen LogP contribution in [0.5, 0.6) is 5.75 Å². The maximum absolute atomic E-state index is 12.2. The van der Waals surface area contributed by atoms with Crippen LogP contribution in [0.3, 0.4) is 0 Å². The molecule has 0 saturated carbocycles. The molecule has 1 fully saturated rings. The zero-order chi connectivity index (χ0) is 17.4. The molecule has 0 aliphatic carbocycles. The van der Waals surface area contributed by atoms with Crippen LogP contribution in [-0.4, -0.2) is 52.4 Å². The zero-order valence-electron chi connectivity index (χ0n) is 14.3. The van der Waals surface area contributed by atoms with Crippen molar-refractivity contribution in [3.63, 3.8) is 0 Å². The predicted octanol–water partition coefficient (Wildman–Crippen LogP) is 1.91. The van der Waals surface area contributed by atoms with Crippen LogP contribution in [0.1, 0.15) is 24.1 Å². The summed E-state index contributed by atoms with van der Waals surface area (Å²) in [5, 5.41) is 4.22. The quantitative estimate of drug-likeness (QED) is 0.854. The van der Waals surface area contributed by atoms with Gasteiger partial charge in [-0.05, 0) is 31.5 Å². The predicted molar refractivity (Wildman–Crippen MR) is 92.1 cm³/mol. The molecule has 1 unspecified atom stereocenters. The number of carbonyl (C=O) groups is 1. The summed E-state index contributed by atoms with van der Waals surface area (Å²) in [6.07, 6.45) is 5.16. The van der Waals surface area contributed by atoms with E-state index >= 15 is 0 Å². The van der Waals surface area contributed by atoms with Crippen LogP contribution in [0.4, 0.5) is 0 Å². The summed E-state index contributed by atoms with van der Waals surface area (Å²) in [4.78, 5) is 23.8. The van der Waals surface area contributed by atoms with E-state index in [9.17, 15) is 4.79 Å². The molecule has 0 radical (unpaired) electrons. The number of rotatable bonds is 3. The Bertz CT molecular complexity index is 843. The number of aryl methyl sites for hydroxylation is 1. The van der Waals surface area contributed by atoms with E-state index < -0.39 is 0 Å². The zero-order valence-corrected chi connectivity index (χ0v) is 14.3. The minimum Gasteiger partial charge on any atom is -0.495 e. The van der Waals surface area contributed by atoms with E-state index in [1.165, 1.54) is 0 Å². The van der Waals surface area contributed by atoms with Gasteiger partial charge in [-0.1, -0.05) is 5.16 Å². The highest BCUT2D eigenvalue weighted by molar-refractivity contribution is 6.02. The highest BCUT2D eigenvalue weighted by atomic mass is 16.6. The van der Waals surface area contributed by atoms with E-state index in [0.29, 0.717) is 24.6 Å². The SMILES string of the molecule is COc1cc(C2=NOCC3C(=O)CCCN23)ccc1-n1cnc(C)c1. The van der Waals surface area contributed by atoms with Gasteiger partial charge < -0.3 is 19.0 Å². The summed E-state index contributed by atoms with van der Waals surface area (Å²) in [6, 6.07) is 5.63. The van der Waals surface area contributed by atoms with E-state index in [1.807, 2.05) is 40.8 Å². The molecule has 0 amide bonds. The van der Waals surface area contributed by atoms with Crippen LogP contribution in [0.25, 0.3) is 5.69 Å². The van der Waals surface area contributed by atoms with Gasteiger partial charge in [-0.25, -0.2) is 4.98 Å². The van der Waals surface area contributed by atoms with Crippen LogP contribution >= 0.6 is 0 Å². The molecule has 1 aromatic heterocycles. The molecule has 2 aliphatic rings. The van der Waals surface area contributed by atoms with Crippen molar-refractivity contribution >= 4 is 11.6 Å². The van der Waals surface area contributed by atoms with Crippen LogP contribution in [-0.2, 0) is 9.63 Å². The van der Waals surface area contributed by atoms with Gasteiger partial charge >= 0.3 is 0 Å². The molecule has 7 heteroatoms. The number of hydrogen-bond acceptors (Lipinski definition) is 6. The maximum Gasteiger partial charge on any atom is 0.176 e. The lowest BCUT2D eigenvalue weighted by atomic mass is 9.99. The van der Waals surface area contributed by atoms with Crippen molar-refractivity contribution in [2.24, 2.45) is 5.16 Å². The van der Waals surface area contributed by atoms with Gasteiger partial charge in [0, 0.05) is 24.7 Å². The molecule has 1 aromatic carbocycles. The number of aromatic nitrogens is 2. The van der Waals surface area contributed by atoms with Crippen LogP contribution in [0.15, 0.2) is 35.9 Å². The fourth-order valence-corrected chi connectivity index (χ4v) is 3.38. The van der Waals surface area contributed by atoms with Crippen molar-refractivity contribution in [3.05, 3.63) is 42.0 Å². The van der Waals surface area contributed by atoms with Crippen molar-refractivity contribution in [1.82, 2.24) is 14.5 Å². The molecule has 1 atom stereocenters. The van der Waals surface area contributed by atoms with E-state index in [-0.39, 0.29) is 11.8 Å². The number of ether oxygens (including phenoxy) is 1. The summed E-state index contributed by atoms with van der Waals surface area (Å²) in [5.74, 6) is 1.62. The molecule has 130 valence electrons. The Morgan fingerprint density at radius 3 is 3.00 bits per heavy atom. The average Bonchev–Trinajstić information content (AvgIpc) is 3.07. The molecule has 4 rings (SSSR count). The smallest absolute Gasteiger partial charge is 0.176 e. The first-order valence-corrected chi connectivity index (χ1v) is 8.36. The molecule has 0 spiro atoms. The second-order valence-electron chi connectivity index (χ2n) is 6.30. The van der Waals surface area contributed by atoms with Gasteiger partial charge in [-0.3, -0.25) is 4.79 Å². The minimum atomic E-state index is -0.233. The Kier molecular flexibility index (Phi) is 3.91. The second-order valence-corrected chi connectivity index (χ2v) is 6.30. The maximum atomic E-state index is 12.2. The number of amidine groups is 1. The van der Waals surface area contributed by atoms with Crippen molar-refractivity contribution in [2.75, 3.05) is 20.3 Å². The number of imidazole rings is 1. The number of methoxy groups -OCH3 is 1. The summed E-state index contributed by atoms with van der Waals surface area (Å²) >= 11 is 0. The largest absolute Gasteiger partial charge is 0.495 e. The van der Waals surface area contributed by atoms with Crippen molar-refractivity contribution in [1.29, 1.82) is 0 Å². The molecular weight excluding hydrogens is 320 g/mol. The number of oxime groups is 1. The molecule has 1 saturated heterocycles. The number of benzene rings is 1. The molecule has 0 N–H and O–H groups in total. The van der Waals surface area contributed by atoms with Gasteiger partial charge in [-0.2, -0.15) is 0 Å². The highest BCUT2D eigenvalue weighted by Gasteiger charge is 2.36. The van der Waals surface area contributed by atoms with Crippen LogP contribution < -0.4 is 4.74 Å². The van der Waals surface area contributed by atoms with Crippen molar-refractivity contribution in [3.8, 4) is 11.4 Å². The standard InChI is InChI=1S/C18H20N4O3/c1-12-9-21(11-19-12)14-6-5-13(8-17(14)24-2)18-20-25-10-15-16(23)4-3-7-22(15)18/h5-6,8-9,11,15H,3-4,7,10H2,1-2H3. The second kappa shape index (κ2) is 6.23. The van der Waals surface area contributed by atoms with E-state index in [4.69, 9.17) is 9.57 Å². The fourth-order valence-electron chi connectivity index (χ4n) is 3.38. The summed E-state index contributed by atoms with van der Waals surface area (Å²) in [5.41, 5.74) is 2.71. The third-order valence-electron chi connectivity index (χ3n) is 4.65. The van der Waals surface area contributed by atoms with E-state index in [0.717, 1.165) is 29.9 Å². The lowest BCUT2D eigenvalue weighted by molar-refractivity contribution is -0.128. The number of piperidine rings is 1. The number of fused-ring (bicyclic) bond motifs is 1. The van der Waals surface area contributed by atoms with Crippen LogP contribution in [0.2, 0.25) is 0 Å². The van der Waals surface area contributed by atoms with Gasteiger partial charge in [-0.15, -0.1) is 0 Å². The number of nitrogens with zero attached hydrogens (tertiary/aromatic N) is 4. The topological polar surface area (TPSA) is 69.0 Å². The molecule has 0 bridgehead atoms. The number of carbonyl (C=O) groups excluding carboxylic acids is 1. The monoisotopic (exact) mass is 340 g/mol. The molecular formula is C18H20N4O3. The van der Waals surface area contributed by atoms with E-state index in [2.05, 4.69) is 10.1 Å². The van der Waals surface area contributed by atoms with Gasteiger partial charge in [0.05, 0.1) is 24.8 Å². The summed E-state index contributed by atoms with van der Waals surface area (Å²) < 4.78 is 7.49. The normalized spacial score (nSPS) is 19.9. The van der Waals surface area contributed by atoms with Crippen LogP contribution in [0, 0.1) is 6.92 Å². The van der Waals surface area contributed by atoms with Gasteiger partial charge in [0.15, 0.2) is 11.6 Å². The molecule has 2 aromatic rings. The molecule has 3 heterocycles. The number of hydrogen-bond donors (Lipinski definition) is 0. The minimum absolute atomic E-state index is 0.219. The lowest BCUT2D eigenvalue weighted by Gasteiger charge is -2.38. The Balaban J connectivity index is 1.71. The van der Waals surface area contributed by atoms with Crippen molar-refractivity contribution in [2.45, 2.75) is 25.8 Å².